The minimum absolute atomic E-state index is 0.0288. The first-order valence-electron chi connectivity index (χ1n) is 7.91. The van der Waals surface area contributed by atoms with E-state index in [1.807, 2.05) is 43.3 Å². The highest BCUT2D eigenvalue weighted by Gasteiger charge is 2.07. The number of carbonyl (C=O) groups is 2. The number of carbonyl (C=O) groups excluding carboxylic acids is 2. The van der Waals surface area contributed by atoms with Crippen molar-refractivity contribution in [1.82, 2.24) is 10.6 Å². The highest BCUT2D eigenvalue weighted by molar-refractivity contribution is 5.91. The molecule has 2 rings (SSSR count). The van der Waals surface area contributed by atoms with Gasteiger partial charge in [-0.05, 0) is 36.2 Å². The highest BCUT2D eigenvalue weighted by Crippen LogP contribution is 2.12. The summed E-state index contributed by atoms with van der Waals surface area (Å²) in [7, 11) is 3.98. The van der Waals surface area contributed by atoms with Crippen molar-refractivity contribution in [3.05, 3.63) is 54.0 Å². The average molecular weight is 329 g/mol. The van der Waals surface area contributed by atoms with Crippen LogP contribution in [0.3, 0.4) is 0 Å². The third kappa shape index (κ3) is 5.46. The van der Waals surface area contributed by atoms with Crippen molar-refractivity contribution in [2.24, 2.45) is 0 Å². The van der Waals surface area contributed by atoms with E-state index in [1.165, 1.54) is 6.26 Å². The Kier molecular flexibility index (Phi) is 6.42. The molecule has 0 radical (unpaired) electrons. The molecule has 1 aromatic heterocycles. The van der Waals surface area contributed by atoms with Gasteiger partial charge in [0, 0.05) is 39.3 Å². The lowest BCUT2D eigenvalue weighted by Gasteiger charge is -2.13. The predicted molar refractivity (Wildman–Crippen MR) is 92.9 cm³/mol. The summed E-state index contributed by atoms with van der Waals surface area (Å²) in [5, 5.41) is 5.59. The van der Waals surface area contributed by atoms with Crippen LogP contribution in [0.15, 0.2) is 47.1 Å². The van der Waals surface area contributed by atoms with Gasteiger partial charge in [-0.1, -0.05) is 12.1 Å². The van der Waals surface area contributed by atoms with Crippen molar-refractivity contribution >= 4 is 17.5 Å². The van der Waals surface area contributed by atoms with Gasteiger partial charge in [0.15, 0.2) is 5.76 Å². The number of hydrogen-bond acceptors (Lipinski definition) is 4. The molecule has 128 valence electrons. The van der Waals surface area contributed by atoms with E-state index >= 15 is 0 Å². The quantitative estimate of drug-likeness (QED) is 0.728. The topological polar surface area (TPSA) is 74.6 Å². The van der Waals surface area contributed by atoms with Gasteiger partial charge >= 0.3 is 0 Å². The average Bonchev–Trinajstić information content (AvgIpc) is 3.11. The van der Waals surface area contributed by atoms with Gasteiger partial charge in [-0.2, -0.15) is 0 Å². The molecule has 6 heteroatoms. The molecule has 0 atom stereocenters. The van der Waals surface area contributed by atoms with Crippen LogP contribution in [0.5, 0.6) is 0 Å². The van der Waals surface area contributed by atoms with Gasteiger partial charge in [-0.25, -0.2) is 0 Å². The number of hydrogen-bond donors (Lipinski definition) is 2. The highest BCUT2D eigenvalue weighted by atomic mass is 16.3. The first-order valence-corrected chi connectivity index (χ1v) is 7.91. The molecule has 0 saturated heterocycles. The number of anilines is 1. The molecule has 2 aromatic rings. The van der Waals surface area contributed by atoms with Crippen LogP contribution in [-0.4, -0.2) is 32.5 Å². The summed E-state index contributed by atoms with van der Waals surface area (Å²) in [6.45, 7) is 0.940. The zero-order valence-electron chi connectivity index (χ0n) is 14.0. The third-order valence-electron chi connectivity index (χ3n) is 3.55. The van der Waals surface area contributed by atoms with Crippen molar-refractivity contribution < 1.29 is 14.0 Å². The summed E-state index contributed by atoms with van der Waals surface area (Å²) in [5.41, 5.74) is 2.18. The predicted octanol–water partition coefficient (Wildman–Crippen LogP) is 2.17. The molecule has 0 aliphatic heterocycles. The molecule has 0 aliphatic rings. The summed E-state index contributed by atoms with van der Waals surface area (Å²) in [5.74, 6) is -0.0130. The Balaban J connectivity index is 1.62. The third-order valence-corrected chi connectivity index (χ3v) is 3.55. The molecule has 6 nitrogen and oxygen atoms in total. The lowest BCUT2D eigenvalue weighted by Crippen LogP contribution is -2.27. The zero-order chi connectivity index (χ0) is 17.4. The SMILES string of the molecule is CN(C)c1ccc(CNC(=O)CCCNC(=O)c2ccco2)cc1. The van der Waals surface area contributed by atoms with E-state index in [9.17, 15) is 9.59 Å². The Labute approximate surface area is 141 Å². The second-order valence-corrected chi connectivity index (χ2v) is 5.67. The molecular weight excluding hydrogens is 306 g/mol. The minimum atomic E-state index is -0.263. The summed E-state index contributed by atoms with van der Waals surface area (Å²) >= 11 is 0. The second-order valence-electron chi connectivity index (χ2n) is 5.67. The van der Waals surface area contributed by atoms with Crippen LogP contribution in [0.1, 0.15) is 29.0 Å². The van der Waals surface area contributed by atoms with Crippen LogP contribution in [-0.2, 0) is 11.3 Å². The number of benzene rings is 1. The Hall–Kier alpha value is -2.76. The van der Waals surface area contributed by atoms with Gasteiger partial charge in [0.25, 0.3) is 5.91 Å². The standard InChI is InChI=1S/C18H23N3O3/c1-21(2)15-9-7-14(8-10-15)13-20-17(22)6-3-11-19-18(23)16-5-4-12-24-16/h4-5,7-10,12H,3,6,11,13H2,1-2H3,(H,19,23)(H,20,22). The maximum atomic E-state index is 11.8. The molecule has 1 aromatic carbocycles. The number of nitrogens with zero attached hydrogens (tertiary/aromatic N) is 1. The van der Waals surface area contributed by atoms with Crippen LogP contribution in [0.2, 0.25) is 0 Å². The van der Waals surface area contributed by atoms with E-state index in [-0.39, 0.29) is 17.6 Å². The van der Waals surface area contributed by atoms with E-state index in [4.69, 9.17) is 4.42 Å². The fourth-order valence-electron chi connectivity index (χ4n) is 2.15. The summed E-state index contributed by atoms with van der Waals surface area (Å²) in [6.07, 6.45) is 2.40. The van der Waals surface area contributed by atoms with Gasteiger partial charge < -0.3 is 20.0 Å². The van der Waals surface area contributed by atoms with Crippen LogP contribution >= 0.6 is 0 Å². The normalized spacial score (nSPS) is 10.2. The van der Waals surface area contributed by atoms with Crippen molar-refractivity contribution in [2.45, 2.75) is 19.4 Å². The van der Waals surface area contributed by atoms with Crippen LogP contribution in [0, 0.1) is 0 Å². The van der Waals surface area contributed by atoms with Gasteiger partial charge in [0.1, 0.15) is 0 Å². The Morgan fingerprint density at radius 2 is 1.83 bits per heavy atom. The lowest BCUT2D eigenvalue weighted by atomic mass is 10.2. The zero-order valence-corrected chi connectivity index (χ0v) is 14.0. The van der Waals surface area contributed by atoms with Crippen molar-refractivity contribution in [1.29, 1.82) is 0 Å². The molecule has 1 heterocycles. The molecule has 0 spiro atoms. The van der Waals surface area contributed by atoms with E-state index < -0.39 is 0 Å². The van der Waals surface area contributed by atoms with Gasteiger partial charge in [-0.15, -0.1) is 0 Å². The molecule has 24 heavy (non-hydrogen) atoms. The number of nitrogens with one attached hydrogen (secondary N) is 2. The van der Waals surface area contributed by atoms with Crippen LogP contribution in [0.25, 0.3) is 0 Å². The van der Waals surface area contributed by atoms with E-state index in [0.29, 0.717) is 25.9 Å². The molecule has 0 aliphatic carbocycles. The molecule has 0 fully saturated rings. The molecule has 2 N–H and O–H groups in total. The first-order chi connectivity index (χ1) is 11.6. The van der Waals surface area contributed by atoms with Crippen LogP contribution in [0.4, 0.5) is 5.69 Å². The number of amides is 2. The number of rotatable bonds is 8. The largest absolute Gasteiger partial charge is 0.459 e. The summed E-state index contributed by atoms with van der Waals surface area (Å²) in [6, 6.07) is 11.3. The maximum Gasteiger partial charge on any atom is 0.286 e. The Morgan fingerprint density at radius 1 is 1.08 bits per heavy atom. The molecule has 2 amide bonds. The molecule has 0 saturated carbocycles. The lowest BCUT2D eigenvalue weighted by molar-refractivity contribution is -0.121. The monoisotopic (exact) mass is 329 g/mol. The van der Waals surface area contributed by atoms with E-state index in [2.05, 4.69) is 10.6 Å². The number of furan rings is 1. The van der Waals surface area contributed by atoms with E-state index in [0.717, 1.165) is 11.3 Å². The van der Waals surface area contributed by atoms with Gasteiger partial charge in [-0.3, -0.25) is 9.59 Å². The maximum absolute atomic E-state index is 11.8. The Morgan fingerprint density at radius 3 is 2.46 bits per heavy atom. The fourth-order valence-corrected chi connectivity index (χ4v) is 2.15. The summed E-state index contributed by atoms with van der Waals surface area (Å²) < 4.78 is 4.99. The van der Waals surface area contributed by atoms with Gasteiger partial charge in [0.2, 0.25) is 5.91 Å². The van der Waals surface area contributed by atoms with Crippen molar-refractivity contribution in [2.75, 3.05) is 25.5 Å². The van der Waals surface area contributed by atoms with Crippen molar-refractivity contribution in [3.8, 4) is 0 Å². The first kappa shape index (κ1) is 17.6. The van der Waals surface area contributed by atoms with Gasteiger partial charge in [0.05, 0.1) is 6.26 Å². The van der Waals surface area contributed by atoms with E-state index in [1.54, 1.807) is 12.1 Å². The van der Waals surface area contributed by atoms with Crippen LogP contribution < -0.4 is 15.5 Å². The second kappa shape index (κ2) is 8.76. The Bertz CT molecular complexity index is 649. The van der Waals surface area contributed by atoms with Crippen molar-refractivity contribution in [3.63, 3.8) is 0 Å². The smallest absolute Gasteiger partial charge is 0.286 e. The molecule has 0 unspecified atom stereocenters. The summed E-state index contributed by atoms with van der Waals surface area (Å²) in [4.78, 5) is 25.5. The minimum Gasteiger partial charge on any atom is -0.459 e. The molecule has 0 bridgehead atoms. The fraction of sp³-hybridized carbons (Fsp3) is 0.333. The molecular formula is C18H23N3O3.